The predicted molar refractivity (Wildman–Crippen MR) is 99.5 cm³/mol. The Kier molecular flexibility index (Phi) is 5.41. The summed E-state index contributed by atoms with van der Waals surface area (Å²) in [6, 6.07) is 14.9. The molecule has 3 aromatic rings. The molecular weight excluding hydrogens is 346 g/mol. The van der Waals surface area contributed by atoms with Gasteiger partial charge in [-0.05, 0) is 28.1 Å². The molecule has 0 spiro atoms. The van der Waals surface area contributed by atoms with E-state index in [-0.39, 0.29) is 5.91 Å². The van der Waals surface area contributed by atoms with E-state index in [1.54, 1.807) is 25.2 Å². The van der Waals surface area contributed by atoms with Gasteiger partial charge in [-0.3, -0.25) is 4.79 Å². The van der Waals surface area contributed by atoms with Gasteiger partial charge >= 0.3 is 6.03 Å². The summed E-state index contributed by atoms with van der Waals surface area (Å²) in [7, 11) is 1.73. The van der Waals surface area contributed by atoms with Crippen LogP contribution < -0.4 is 16.4 Å². The summed E-state index contributed by atoms with van der Waals surface area (Å²) in [6.45, 7) is 0. The third kappa shape index (κ3) is 4.66. The number of benzene rings is 2. The zero-order valence-corrected chi connectivity index (χ0v) is 14.7. The van der Waals surface area contributed by atoms with Gasteiger partial charge in [0.1, 0.15) is 6.04 Å². The monoisotopic (exact) mass is 365 g/mol. The Morgan fingerprint density at radius 3 is 2.59 bits per heavy atom. The fourth-order valence-corrected chi connectivity index (χ4v) is 2.67. The molecule has 27 heavy (non-hydrogen) atoms. The first-order chi connectivity index (χ1) is 13.0. The van der Waals surface area contributed by atoms with Crippen molar-refractivity contribution in [2.45, 2.75) is 12.5 Å². The fraction of sp³-hybridized carbons (Fsp3) is 0.167. The summed E-state index contributed by atoms with van der Waals surface area (Å²) in [4.78, 5) is 24.0. The molecule has 1 aromatic heterocycles. The Morgan fingerprint density at radius 1 is 1.15 bits per heavy atom. The van der Waals surface area contributed by atoms with Gasteiger partial charge in [0.25, 0.3) is 0 Å². The maximum absolute atomic E-state index is 12.7. The molecule has 0 bridgehead atoms. The van der Waals surface area contributed by atoms with E-state index in [0.29, 0.717) is 17.9 Å². The number of nitrogens with one attached hydrogen (secondary N) is 2. The highest BCUT2D eigenvalue weighted by Gasteiger charge is 2.20. The highest BCUT2D eigenvalue weighted by molar-refractivity contribution is 5.97. The minimum Gasteiger partial charge on any atom is -0.352 e. The van der Waals surface area contributed by atoms with Crippen molar-refractivity contribution in [1.29, 1.82) is 0 Å². The molecule has 4 N–H and O–H groups in total. The van der Waals surface area contributed by atoms with E-state index < -0.39 is 12.1 Å². The number of nitrogens with zero attached hydrogens (tertiary/aromatic N) is 4. The number of amides is 3. The first kappa shape index (κ1) is 18.1. The summed E-state index contributed by atoms with van der Waals surface area (Å²) in [5.74, 6) is 0.202. The minimum atomic E-state index is -0.801. The van der Waals surface area contributed by atoms with Gasteiger partial charge in [0.05, 0.1) is 0 Å². The Bertz CT molecular complexity index is 940. The van der Waals surface area contributed by atoms with E-state index in [9.17, 15) is 9.59 Å². The van der Waals surface area contributed by atoms with Gasteiger partial charge in [0.2, 0.25) is 5.91 Å². The number of aromatic nitrogens is 4. The van der Waals surface area contributed by atoms with Gasteiger partial charge in [0.15, 0.2) is 5.82 Å². The van der Waals surface area contributed by atoms with Crippen LogP contribution in [0.2, 0.25) is 0 Å². The van der Waals surface area contributed by atoms with Crippen LogP contribution in [-0.2, 0) is 18.3 Å². The lowest BCUT2D eigenvalue weighted by Gasteiger charge is -2.17. The zero-order valence-electron chi connectivity index (χ0n) is 14.7. The number of nitrogens with two attached hydrogens (primary N) is 1. The van der Waals surface area contributed by atoms with Crippen molar-refractivity contribution < 1.29 is 9.59 Å². The second-order valence-corrected chi connectivity index (χ2v) is 5.95. The van der Waals surface area contributed by atoms with E-state index in [4.69, 9.17) is 5.73 Å². The van der Waals surface area contributed by atoms with E-state index >= 15 is 0 Å². The van der Waals surface area contributed by atoms with Crippen molar-refractivity contribution in [1.82, 2.24) is 25.5 Å². The number of anilines is 1. The lowest BCUT2D eigenvalue weighted by atomic mass is 10.1. The quantitative estimate of drug-likeness (QED) is 0.602. The van der Waals surface area contributed by atoms with E-state index in [1.807, 2.05) is 36.4 Å². The van der Waals surface area contributed by atoms with Gasteiger partial charge < -0.3 is 16.4 Å². The number of tetrazole rings is 1. The van der Waals surface area contributed by atoms with Crippen LogP contribution in [0.25, 0.3) is 11.4 Å². The fourth-order valence-electron chi connectivity index (χ4n) is 2.67. The average molecular weight is 365 g/mol. The highest BCUT2D eigenvalue weighted by Crippen LogP contribution is 2.20. The van der Waals surface area contributed by atoms with Crippen LogP contribution in [0.1, 0.15) is 5.56 Å². The smallest absolute Gasteiger partial charge is 0.312 e. The number of carbonyl (C=O) groups is 2. The molecule has 1 unspecified atom stereocenters. The number of rotatable bonds is 6. The molecule has 0 radical (unpaired) electrons. The van der Waals surface area contributed by atoms with Crippen LogP contribution in [0.4, 0.5) is 10.5 Å². The Morgan fingerprint density at radius 2 is 1.93 bits per heavy atom. The molecule has 9 heteroatoms. The van der Waals surface area contributed by atoms with Gasteiger partial charge in [-0.1, -0.05) is 42.5 Å². The number of hydrogen-bond donors (Lipinski definition) is 3. The van der Waals surface area contributed by atoms with Crippen LogP contribution in [0.15, 0.2) is 54.6 Å². The van der Waals surface area contributed by atoms with E-state index in [0.717, 1.165) is 11.1 Å². The molecule has 0 aliphatic heterocycles. The van der Waals surface area contributed by atoms with Gasteiger partial charge in [-0.25, -0.2) is 9.48 Å². The maximum Gasteiger partial charge on any atom is 0.312 e. The maximum atomic E-state index is 12.7. The summed E-state index contributed by atoms with van der Waals surface area (Å²) >= 11 is 0. The third-order valence-electron chi connectivity index (χ3n) is 3.92. The first-order valence-corrected chi connectivity index (χ1v) is 8.26. The van der Waals surface area contributed by atoms with Crippen molar-refractivity contribution in [3.8, 4) is 11.4 Å². The third-order valence-corrected chi connectivity index (χ3v) is 3.92. The molecule has 138 valence electrons. The molecule has 0 saturated carbocycles. The lowest BCUT2D eigenvalue weighted by Crippen LogP contribution is -2.47. The summed E-state index contributed by atoms with van der Waals surface area (Å²) < 4.78 is 1.54. The average Bonchev–Trinajstić information content (AvgIpc) is 3.08. The van der Waals surface area contributed by atoms with Crippen LogP contribution in [0.3, 0.4) is 0 Å². The molecule has 0 aliphatic rings. The number of carbonyl (C=O) groups excluding carboxylic acids is 2. The molecule has 0 fully saturated rings. The van der Waals surface area contributed by atoms with Crippen LogP contribution in [0, 0.1) is 0 Å². The number of aryl methyl sites for hydroxylation is 1. The topological polar surface area (TPSA) is 128 Å². The molecule has 3 rings (SSSR count). The second kappa shape index (κ2) is 8.09. The van der Waals surface area contributed by atoms with E-state index in [1.165, 1.54) is 4.68 Å². The van der Waals surface area contributed by atoms with Crippen LogP contribution in [-0.4, -0.2) is 38.2 Å². The molecule has 1 heterocycles. The predicted octanol–water partition coefficient (Wildman–Crippen LogP) is 1.10. The Hall–Kier alpha value is -3.75. The van der Waals surface area contributed by atoms with Crippen LogP contribution >= 0.6 is 0 Å². The number of urea groups is 1. The highest BCUT2D eigenvalue weighted by atomic mass is 16.2. The van der Waals surface area contributed by atoms with Crippen molar-refractivity contribution in [2.24, 2.45) is 12.8 Å². The molecular formula is C18H19N7O2. The van der Waals surface area contributed by atoms with Crippen molar-refractivity contribution >= 4 is 17.6 Å². The second-order valence-electron chi connectivity index (χ2n) is 5.95. The van der Waals surface area contributed by atoms with Crippen LogP contribution in [0.5, 0.6) is 0 Å². The number of primary amides is 1. The summed E-state index contributed by atoms with van der Waals surface area (Å²) in [6.07, 6.45) is 0.322. The standard InChI is InChI=1S/C18H19N7O2/c1-25-16(22-23-24-25)13-8-5-9-14(11-13)20-17(26)15(21-18(19)27)10-12-6-3-2-4-7-12/h2-9,11,15H,10H2,1H3,(H,20,26)(H3,19,21,27). The molecule has 9 nitrogen and oxygen atoms in total. The molecule has 0 aliphatic carbocycles. The minimum absolute atomic E-state index is 0.322. The zero-order chi connectivity index (χ0) is 19.2. The number of hydrogen-bond acceptors (Lipinski definition) is 5. The van der Waals surface area contributed by atoms with Crippen molar-refractivity contribution in [3.05, 3.63) is 60.2 Å². The molecule has 1 atom stereocenters. The Labute approximate surface area is 155 Å². The van der Waals surface area contributed by atoms with Gasteiger partial charge in [-0.2, -0.15) is 0 Å². The molecule has 2 aromatic carbocycles. The largest absolute Gasteiger partial charge is 0.352 e. The van der Waals surface area contributed by atoms with Gasteiger partial charge in [0, 0.05) is 24.7 Å². The van der Waals surface area contributed by atoms with Gasteiger partial charge in [-0.15, -0.1) is 5.10 Å². The van der Waals surface area contributed by atoms with Crippen molar-refractivity contribution in [3.63, 3.8) is 0 Å². The lowest BCUT2D eigenvalue weighted by molar-refractivity contribution is -0.117. The summed E-state index contributed by atoms with van der Waals surface area (Å²) in [5.41, 5.74) is 7.45. The molecule has 0 saturated heterocycles. The normalized spacial score (nSPS) is 11.6. The SMILES string of the molecule is Cn1nnnc1-c1cccc(NC(=O)C(Cc2ccccc2)NC(N)=O)c1. The molecule has 3 amide bonds. The van der Waals surface area contributed by atoms with E-state index in [2.05, 4.69) is 26.2 Å². The first-order valence-electron chi connectivity index (χ1n) is 8.26. The summed E-state index contributed by atoms with van der Waals surface area (Å²) in [5, 5.41) is 16.7. The van der Waals surface area contributed by atoms with Crippen molar-refractivity contribution in [2.75, 3.05) is 5.32 Å². The Balaban J connectivity index is 1.77.